The Morgan fingerprint density at radius 2 is 2.35 bits per heavy atom. The highest BCUT2D eigenvalue weighted by molar-refractivity contribution is 7.09. The number of aromatic nitrogens is 3. The van der Waals surface area contributed by atoms with Crippen molar-refractivity contribution in [2.75, 3.05) is 25.6 Å². The number of ether oxygens (including phenoxy) is 1. The summed E-state index contributed by atoms with van der Waals surface area (Å²) >= 11 is 1.65. The van der Waals surface area contributed by atoms with Crippen molar-refractivity contribution in [3.8, 4) is 0 Å². The average Bonchev–Trinajstić information content (AvgIpc) is 2.97. The number of anilines is 1. The van der Waals surface area contributed by atoms with Crippen LogP contribution in [-0.2, 0) is 11.3 Å². The number of hydrogen-bond donors (Lipinski definition) is 1. The third-order valence-electron chi connectivity index (χ3n) is 2.31. The second-order valence-electron chi connectivity index (χ2n) is 3.58. The highest BCUT2D eigenvalue weighted by Crippen LogP contribution is 2.11. The normalized spacial score (nSPS) is 10.6. The standard InChI is InChI=1S/C11H16N4OS/c1-16-7-2-3-13-11-14-4-6-15(11)9-10-12-5-8-17-10/h4-6,8H,2-3,7,9H2,1H3,(H,13,14). The van der Waals surface area contributed by atoms with Gasteiger partial charge in [-0.3, -0.25) is 0 Å². The Labute approximate surface area is 104 Å². The Kier molecular flexibility index (Phi) is 4.52. The van der Waals surface area contributed by atoms with Gasteiger partial charge in [-0.15, -0.1) is 11.3 Å². The van der Waals surface area contributed by atoms with Gasteiger partial charge in [0.2, 0.25) is 5.95 Å². The molecule has 0 fully saturated rings. The van der Waals surface area contributed by atoms with E-state index in [1.165, 1.54) is 0 Å². The molecular formula is C11H16N4OS. The Morgan fingerprint density at radius 3 is 3.12 bits per heavy atom. The first kappa shape index (κ1) is 12.1. The quantitative estimate of drug-likeness (QED) is 0.764. The molecule has 0 aromatic carbocycles. The molecule has 0 bridgehead atoms. The summed E-state index contributed by atoms with van der Waals surface area (Å²) in [5.41, 5.74) is 0. The van der Waals surface area contributed by atoms with Gasteiger partial charge in [-0.05, 0) is 6.42 Å². The predicted molar refractivity (Wildman–Crippen MR) is 68.4 cm³/mol. The van der Waals surface area contributed by atoms with E-state index in [4.69, 9.17) is 4.74 Å². The lowest BCUT2D eigenvalue weighted by molar-refractivity contribution is 0.197. The van der Waals surface area contributed by atoms with Gasteiger partial charge in [0, 0.05) is 44.2 Å². The van der Waals surface area contributed by atoms with Crippen LogP contribution in [-0.4, -0.2) is 34.8 Å². The largest absolute Gasteiger partial charge is 0.385 e. The predicted octanol–water partition coefficient (Wildman–Crippen LogP) is 1.84. The van der Waals surface area contributed by atoms with Gasteiger partial charge >= 0.3 is 0 Å². The van der Waals surface area contributed by atoms with Crippen molar-refractivity contribution in [1.82, 2.24) is 14.5 Å². The molecule has 92 valence electrons. The van der Waals surface area contributed by atoms with Crippen molar-refractivity contribution in [3.63, 3.8) is 0 Å². The molecule has 0 spiro atoms. The first-order valence-corrected chi connectivity index (χ1v) is 6.40. The molecule has 0 saturated heterocycles. The number of imidazole rings is 1. The van der Waals surface area contributed by atoms with E-state index in [0.29, 0.717) is 0 Å². The molecule has 0 aliphatic carbocycles. The van der Waals surface area contributed by atoms with Crippen LogP contribution in [0.5, 0.6) is 0 Å². The number of nitrogens with zero attached hydrogens (tertiary/aromatic N) is 3. The Hall–Kier alpha value is -1.40. The van der Waals surface area contributed by atoms with E-state index in [0.717, 1.165) is 37.1 Å². The smallest absolute Gasteiger partial charge is 0.203 e. The Bertz CT molecular complexity index is 426. The van der Waals surface area contributed by atoms with E-state index < -0.39 is 0 Å². The minimum atomic E-state index is 0.764. The van der Waals surface area contributed by atoms with Crippen LogP contribution in [0.3, 0.4) is 0 Å². The van der Waals surface area contributed by atoms with E-state index in [1.54, 1.807) is 24.6 Å². The van der Waals surface area contributed by atoms with Gasteiger partial charge in [0.15, 0.2) is 0 Å². The van der Waals surface area contributed by atoms with Crippen LogP contribution in [0.2, 0.25) is 0 Å². The lowest BCUT2D eigenvalue weighted by atomic mass is 10.4. The summed E-state index contributed by atoms with van der Waals surface area (Å²) in [6.07, 6.45) is 6.55. The lowest BCUT2D eigenvalue weighted by Crippen LogP contribution is -2.10. The fourth-order valence-corrected chi connectivity index (χ4v) is 2.11. The van der Waals surface area contributed by atoms with Gasteiger partial charge in [0.1, 0.15) is 5.01 Å². The molecule has 0 radical (unpaired) electrons. The van der Waals surface area contributed by atoms with Gasteiger partial charge in [0.05, 0.1) is 6.54 Å². The second kappa shape index (κ2) is 6.36. The molecule has 6 heteroatoms. The second-order valence-corrected chi connectivity index (χ2v) is 4.56. The van der Waals surface area contributed by atoms with Crippen LogP contribution < -0.4 is 5.32 Å². The number of rotatable bonds is 7. The van der Waals surface area contributed by atoms with Crippen molar-refractivity contribution in [3.05, 3.63) is 29.0 Å². The number of hydrogen-bond acceptors (Lipinski definition) is 5. The topological polar surface area (TPSA) is 52.0 Å². The molecule has 0 unspecified atom stereocenters. The molecule has 0 aliphatic rings. The molecule has 2 aromatic rings. The number of thiazole rings is 1. The van der Waals surface area contributed by atoms with E-state index >= 15 is 0 Å². The molecule has 2 aromatic heterocycles. The minimum absolute atomic E-state index is 0.764. The summed E-state index contributed by atoms with van der Waals surface area (Å²) in [5, 5.41) is 6.36. The van der Waals surface area contributed by atoms with Crippen molar-refractivity contribution in [2.24, 2.45) is 0 Å². The minimum Gasteiger partial charge on any atom is -0.385 e. The summed E-state index contributed by atoms with van der Waals surface area (Å²) in [6.45, 7) is 2.40. The van der Waals surface area contributed by atoms with Gasteiger partial charge in [-0.25, -0.2) is 9.97 Å². The zero-order valence-electron chi connectivity index (χ0n) is 9.80. The summed E-state index contributed by atoms with van der Waals surface area (Å²) in [6, 6.07) is 0. The van der Waals surface area contributed by atoms with Crippen LogP contribution in [0.1, 0.15) is 11.4 Å². The maximum absolute atomic E-state index is 5.00. The summed E-state index contributed by atoms with van der Waals surface area (Å²) in [5.74, 6) is 0.885. The van der Waals surface area contributed by atoms with Crippen LogP contribution in [0.15, 0.2) is 24.0 Å². The molecule has 17 heavy (non-hydrogen) atoms. The zero-order valence-corrected chi connectivity index (χ0v) is 10.6. The summed E-state index contributed by atoms with van der Waals surface area (Å²) < 4.78 is 7.06. The van der Waals surface area contributed by atoms with E-state index in [-0.39, 0.29) is 0 Å². The third kappa shape index (κ3) is 3.54. The van der Waals surface area contributed by atoms with Crippen LogP contribution in [0, 0.1) is 0 Å². The fourth-order valence-electron chi connectivity index (χ4n) is 1.50. The Morgan fingerprint density at radius 1 is 1.41 bits per heavy atom. The average molecular weight is 252 g/mol. The molecule has 0 saturated carbocycles. The highest BCUT2D eigenvalue weighted by atomic mass is 32.1. The Balaban J connectivity index is 1.88. The van der Waals surface area contributed by atoms with Crippen molar-refractivity contribution < 1.29 is 4.74 Å². The van der Waals surface area contributed by atoms with Gasteiger partial charge in [-0.2, -0.15) is 0 Å². The summed E-state index contributed by atoms with van der Waals surface area (Å²) in [4.78, 5) is 8.55. The van der Waals surface area contributed by atoms with Crippen molar-refractivity contribution in [1.29, 1.82) is 0 Å². The van der Waals surface area contributed by atoms with Gasteiger partial charge < -0.3 is 14.6 Å². The molecule has 0 aliphatic heterocycles. The number of nitrogens with one attached hydrogen (secondary N) is 1. The maximum atomic E-state index is 5.00. The first-order valence-electron chi connectivity index (χ1n) is 5.52. The fraction of sp³-hybridized carbons (Fsp3) is 0.455. The van der Waals surface area contributed by atoms with Gasteiger partial charge in [-0.1, -0.05) is 0 Å². The molecular weight excluding hydrogens is 236 g/mol. The van der Waals surface area contributed by atoms with Crippen LogP contribution in [0.25, 0.3) is 0 Å². The first-order chi connectivity index (χ1) is 8.40. The van der Waals surface area contributed by atoms with E-state index in [1.807, 2.05) is 17.8 Å². The third-order valence-corrected chi connectivity index (χ3v) is 3.08. The monoisotopic (exact) mass is 252 g/mol. The molecule has 0 amide bonds. The van der Waals surface area contributed by atoms with Crippen molar-refractivity contribution >= 4 is 17.3 Å². The molecule has 1 N–H and O–H groups in total. The molecule has 2 rings (SSSR count). The molecule has 0 atom stereocenters. The summed E-state index contributed by atoms with van der Waals surface area (Å²) in [7, 11) is 1.71. The van der Waals surface area contributed by atoms with Crippen LogP contribution in [0.4, 0.5) is 5.95 Å². The van der Waals surface area contributed by atoms with E-state index in [9.17, 15) is 0 Å². The number of methoxy groups -OCH3 is 1. The molecule has 5 nitrogen and oxygen atoms in total. The van der Waals surface area contributed by atoms with Crippen molar-refractivity contribution in [2.45, 2.75) is 13.0 Å². The van der Waals surface area contributed by atoms with Crippen LogP contribution >= 0.6 is 11.3 Å². The maximum Gasteiger partial charge on any atom is 0.203 e. The van der Waals surface area contributed by atoms with E-state index in [2.05, 4.69) is 19.9 Å². The zero-order chi connectivity index (χ0) is 11.9. The molecule has 2 heterocycles. The SMILES string of the molecule is COCCCNc1nccn1Cc1nccs1. The lowest BCUT2D eigenvalue weighted by Gasteiger charge is -2.08. The highest BCUT2D eigenvalue weighted by Gasteiger charge is 2.03. The van der Waals surface area contributed by atoms with Gasteiger partial charge in [0.25, 0.3) is 0 Å².